The van der Waals surface area contributed by atoms with Gasteiger partial charge in [0.2, 0.25) is 5.91 Å². The summed E-state index contributed by atoms with van der Waals surface area (Å²) in [6.07, 6.45) is 0. The molecule has 0 atom stereocenters. The average Bonchev–Trinajstić information content (AvgIpc) is 2.67. The zero-order valence-electron chi connectivity index (χ0n) is 15.7. The monoisotopic (exact) mass is 434 g/mol. The van der Waals surface area contributed by atoms with Gasteiger partial charge in [-0.1, -0.05) is 23.7 Å². The van der Waals surface area contributed by atoms with Crippen LogP contribution in [-0.2, 0) is 4.79 Å². The fraction of sp³-hybridized carbons (Fsp3) is 0.250. The molecule has 0 bridgehead atoms. The van der Waals surface area contributed by atoms with Crippen LogP contribution < -0.4 is 15.5 Å². The Hall–Kier alpha value is -2.71. The minimum Gasteiger partial charge on any atom is -0.366 e. The molecule has 1 aliphatic rings. The van der Waals surface area contributed by atoms with Gasteiger partial charge in [-0.3, -0.25) is 9.59 Å². The molecule has 0 radical (unpaired) electrons. The zero-order chi connectivity index (χ0) is 21.0. The molecule has 1 aliphatic heterocycles. The summed E-state index contributed by atoms with van der Waals surface area (Å²) in [5.74, 6) is -1.11. The van der Waals surface area contributed by atoms with Gasteiger partial charge in [0.25, 0.3) is 5.91 Å². The first-order valence-electron chi connectivity index (χ1n) is 9.02. The van der Waals surface area contributed by atoms with E-state index in [0.29, 0.717) is 36.9 Å². The summed E-state index contributed by atoms with van der Waals surface area (Å²) in [7, 11) is 0. The molecule has 2 aromatic rings. The number of benzene rings is 2. The molecule has 6 nitrogen and oxygen atoms in total. The van der Waals surface area contributed by atoms with Crippen LogP contribution in [0.3, 0.4) is 0 Å². The van der Waals surface area contributed by atoms with Gasteiger partial charge in [-0.05, 0) is 42.5 Å². The van der Waals surface area contributed by atoms with E-state index < -0.39 is 5.82 Å². The summed E-state index contributed by atoms with van der Waals surface area (Å²) in [6, 6.07) is 11.3. The molecule has 2 amide bonds. The molecule has 2 aromatic carbocycles. The van der Waals surface area contributed by atoms with E-state index >= 15 is 0 Å². The number of thiocarbonyl (C=S) groups is 1. The van der Waals surface area contributed by atoms with Gasteiger partial charge in [0.15, 0.2) is 5.11 Å². The van der Waals surface area contributed by atoms with Gasteiger partial charge < -0.3 is 20.4 Å². The predicted octanol–water partition coefficient (Wildman–Crippen LogP) is 3.27. The third-order valence-electron chi connectivity index (χ3n) is 4.51. The maximum Gasteiger partial charge on any atom is 0.256 e. The second-order valence-corrected chi connectivity index (χ2v) is 7.40. The van der Waals surface area contributed by atoms with Crippen LogP contribution in [0.25, 0.3) is 0 Å². The van der Waals surface area contributed by atoms with Gasteiger partial charge in [0.1, 0.15) is 5.82 Å². The van der Waals surface area contributed by atoms with E-state index in [1.54, 1.807) is 29.2 Å². The summed E-state index contributed by atoms with van der Waals surface area (Å²) >= 11 is 11.3. The van der Waals surface area contributed by atoms with Crippen LogP contribution in [0.15, 0.2) is 42.5 Å². The van der Waals surface area contributed by atoms with Gasteiger partial charge in [0.05, 0.1) is 16.9 Å². The Labute approximate surface area is 178 Å². The Morgan fingerprint density at radius 3 is 2.45 bits per heavy atom. The Balaban J connectivity index is 1.71. The van der Waals surface area contributed by atoms with Crippen molar-refractivity contribution in [3.63, 3.8) is 0 Å². The number of nitrogens with zero attached hydrogens (tertiary/aromatic N) is 2. The van der Waals surface area contributed by atoms with Crippen LogP contribution in [0.1, 0.15) is 17.3 Å². The van der Waals surface area contributed by atoms with Crippen molar-refractivity contribution in [2.24, 2.45) is 0 Å². The predicted molar refractivity (Wildman–Crippen MR) is 116 cm³/mol. The number of rotatable bonds is 3. The average molecular weight is 435 g/mol. The minimum absolute atomic E-state index is 0.0791. The lowest BCUT2D eigenvalue weighted by molar-refractivity contribution is -0.117. The molecule has 1 fully saturated rings. The first-order chi connectivity index (χ1) is 13.8. The zero-order valence-corrected chi connectivity index (χ0v) is 17.3. The molecule has 0 saturated carbocycles. The summed E-state index contributed by atoms with van der Waals surface area (Å²) < 4.78 is 13.9. The number of hydrogen-bond acceptors (Lipinski definition) is 4. The van der Waals surface area contributed by atoms with Crippen LogP contribution in [0, 0.1) is 5.82 Å². The number of halogens is 2. The lowest BCUT2D eigenvalue weighted by atomic mass is 10.1. The molecule has 0 aromatic heterocycles. The molecule has 0 spiro atoms. The Kier molecular flexibility index (Phi) is 6.66. The lowest BCUT2D eigenvalue weighted by Crippen LogP contribution is -2.49. The second kappa shape index (κ2) is 9.19. The molecule has 0 aliphatic carbocycles. The van der Waals surface area contributed by atoms with Crippen LogP contribution in [0.5, 0.6) is 0 Å². The fourth-order valence-electron chi connectivity index (χ4n) is 3.15. The molecular weight excluding hydrogens is 415 g/mol. The first kappa shape index (κ1) is 21.0. The van der Waals surface area contributed by atoms with Crippen molar-refractivity contribution >= 4 is 52.1 Å². The molecule has 1 heterocycles. The van der Waals surface area contributed by atoms with E-state index in [4.69, 9.17) is 23.8 Å². The number of amides is 2. The summed E-state index contributed by atoms with van der Waals surface area (Å²) in [4.78, 5) is 27.5. The van der Waals surface area contributed by atoms with E-state index in [9.17, 15) is 14.0 Å². The number of nitrogens with one attached hydrogen (secondary N) is 2. The molecule has 9 heteroatoms. The summed E-state index contributed by atoms with van der Waals surface area (Å²) in [6.45, 7) is 3.39. The standard InChI is InChI=1S/C20H20ClFN4O2S/c1-13(27)23-20(29)24-17-12-14(21)6-7-18(17)25-8-10-26(11-9-25)19(28)15-4-2-3-5-16(15)22/h2-7,12H,8-11H2,1H3,(H2,23,24,27,29). The van der Waals surface area contributed by atoms with E-state index in [1.165, 1.54) is 19.1 Å². The SMILES string of the molecule is CC(=O)NC(=S)Nc1cc(Cl)ccc1N1CCN(C(=O)c2ccccc2F)CC1. The molecule has 29 heavy (non-hydrogen) atoms. The van der Waals surface area contributed by atoms with Gasteiger partial charge in [-0.2, -0.15) is 0 Å². The smallest absolute Gasteiger partial charge is 0.256 e. The third-order valence-corrected chi connectivity index (χ3v) is 4.95. The van der Waals surface area contributed by atoms with Crippen molar-refractivity contribution in [3.8, 4) is 0 Å². The van der Waals surface area contributed by atoms with Crippen molar-refractivity contribution in [2.75, 3.05) is 36.4 Å². The van der Waals surface area contributed by atoms with Crippen molar-refractivity contribution in [1.82, 2.24) is 10.2 Å². The number of hydrogen-bond donors (Lipinski definition) is 2. The first-order valence-corrected chi connectivity index (χ1v) is 9.80. The number of carbonyl (C=O) groups is 2. The topological polar surface area (TPSA) is 64.7 Å². The van der Waals surface area contributed by atoms with Crippen LogP contribution in [-0.4, -0.2) is 48.0 Å². The van der Waals surface area contributed by atoms with E-state index in [2.05, 4.69) is 15.5 Å². The van der Waals surface area contributed by atoms with Crippen LogP contribution in [0.4, 0.5) is 15.8 Å². The van der Waals surface area contributed by atoms with Crippen molar-refractivity contribution in [2.45, 2.75) is 6.92 Å². The number of piperazine rings is 1. The van der Waals surface area contributed by atoms with Crippen molar-refractivity contribution in [3.05, 3.63) is 58.9 Å². The fourth-order valence-corrected chi connectivity index (χ4v) is 3.58. The van der Waals surface area contributed by atoms with E-state index in [-0.39, 0.29) is 22.5 Å². The number of carbonyl (C=O) groups excluding carboxylic acids is 2. The highest BCUT2D eigenvalue weighted by Crippen LogP contribution is 2.30. The highest BCUT2D eigenvalue weighted by atomic mass is 35.5. The van der Waals surface area contributed by atoms with E-state index in [1.807, 2.05) is 6.07 Å². The minimum atomic E-state index is -0.518. The Morgan fingerprint density at radius 2 is 1.79 bits per heavy atom. The largest absolute Gasteiger partial charge is 0.366 e. The highest BCUT2D eigenvalue weighted by Gasteiger charge is 2.25. The van der Waals surface area contributed by atoms with Crippen LogP contribution in [0.2, 0.25) is 5.02 Å². The van der Waals surface area contributed by atoms with Crippen molar-refractivity contribution in [1.29, 1.82) is 0 Å². The lowest BCUT2D eigenvalue weighted by Gasteiger charge is -2.37. The highest BCUT2D eigenvalue weighted by molar-refractivity contribution is 7.80. The maximum absolute atomic E-state index is 13.9. The van der Waals surface area contributed by atoms with Gasteiger partial charge >= 0.3 is 0 Å². The quantitative estimate of drug-likeness (QED) is 0.726. The summed E-state index contributed by atoms with van der Waals surface area (Å²) in [5, 5.41) is 6.21. The second-order valence-electron chi connectivity index (χ2n) is 6.56. The summed E-state index contributed by atoms with van der Waals surface area (Å²) in [5.41, 5.74) is 1.58. The molecule has 2 N–H and O–H groups in total. The molecule has 1 saturated heterocycles. The maximum atomic E-state index is 13.9. The van der Waals surface area contributed by atoms with Crippen molar-refractivity contribution < 1.29 is 14.0 Å². The normalized spacial score (nSPS) is 13.8. The van der Waals surface area contributed by atoms with E-state index in [0.717, 1.165) is 5.69 Å². The molecule has 3 rings (SSSR count). The molecule has 152 valence electrons. The van der Waals surface area contributed by atoms with Gasteiger partial charge in [-0.25, -0.2) is 4.39 Å². The molecular formula is C20H20ClFN4O2S. The Morgan fingerprint density at radius 1 is 1.10 bits per heavy atom. The third kappa shape index (κ3) is 5.21. The van der Waals surface area contributed by atoms with Crippen LogP contribution >= 0.6 is 23.8 Å². The van der Waals surface area contributed by atoms with Gasteiger partial charge in [0, 0.05) is 38.1 Å². The Bertz CT molecular complexity index is 948. The van der Waals surface area contributed by atoms with Gasteiger partial charge in [-0.15, -0.1) is 0 Å². The number of anilines is 2. The molecule has 0 unspecified atom stereocenters.